The van der Waals surface area contributed by atoms with Gasteiger partial charge >= 0.3 is 0 Å². The summed E-state index contributed by atoms with van der Waals surface area (Å²) in [6.45, 7) is 0. The van der Waals surface area contributed by atoms with Gasteiger partial charge in [-0.1, -0.05) is 71.7 Å². The average molecular weight is 497 g/mol. The Bertz CT molecular complexity index is 1480. The Morgan fingerprint density at radius 1 is 0.629 bits per heavy atom. The molecule has 0 saturated heterocycles. The molecule has 0 bridgehead atoms. The van der Waals surface area contributed by atoms with Crippen LogP contribution in [0.4, 0.5) is 0 Å². The number of hydrogen-bond acceptors (Lipinski definition) is 2. The van der Waals surface area contributed by atoms with Crippen molar-refractivity contribution in [2.24, 2.45) is 0 Å². The van der Waals surface area contributed by atoms with Gasteiger partial charge in [-0.15, -0.1) is 0 Å². The number of rotatable bonds is 3. The van der Waals surface area contributed by atoms with Crippen LogP contribution in [-0.2, 0) is 25.7 Å². The van der Waals surface area contributed by atoms with Gasteiger partial charge in [0.05, 0.1) is 5.92 Å². The minimum atomic E-state index is -0.244. The van der Waals surface area contributed by atoms with E-state index >= 15 is 0 Å². The Labute approximate surface area is 213 Å². The zero-order valence-electron chi connectivity index (χ0n) is 18.9. The van der Waals surface area contributed by atoms with Crippen LogP contribution in [0.1, 0.15) is 45.1 Å². The van der Waals surface area contributed by atoms with E-state index in [-0.39, 0.29) is 5.92 Å². The minimum absolute atomic E-state index is 0.244. The standard InChI is InChI=1S/C29H22Cl2N4/c30-28-25(29(31)33-15-32-28)24(22-13-18-11-9-16-5-1-3-7-20(16)26(18)34-22)23-14-19-12-10-17-6-2-4-8-21(17)27(19)35-23/h1-8,13-15,24,34-35H,9-12H2. The van der Waals surface area contributed by atoms with E-state index in [2.05, 4.69) is 80.6 Å². The van der Waals surface area contributed by atoms with Gasteiger partial charge in [-0.25, -0.2) is 9.97 Å². The normalized spacial score (nSPS) is 13.8. The molecule has 5 aromatic rings. The van der Waals surface area contributed by atoms with Gasteiger partial charge in [0, 0.05) is 39.5 Å². The first kappa shape index (κ1) is 21.0. The highest BCUT2D eigenvalue weighted by Gasteiger charge is 2.31. The van der Waals surface area contributed by atoms with Gasteiger partial charge < -0.3 is 9.97 Å². The van der Waals surface area contributed by atoms with Gasteiger partial charge in [0.1, 0.15) is 16.6 Å². The predicted octanol–water partition coefficient (Wildman–Crippen LogP) is 7.15. The predicted molar refractivity (Wildman–Crippen MR) is 140 cm³/mol. The maximum atomic E-state index is 6.68. The van der Waals surface area contributed by atoms with E-state index < -0.39 is 0 Å². The van der Waals surface area contributed by atoms with Gasteiger partial charge in [0.2, 0.25) is 0 Å². The van der Waals surface area contributed by atoms with E-state index in [1.165, 1.54) is 51.1 Å². The molecule has 0 saturated carbocycles. The molecule has 2 aliphatic rings. The smallest absolute Gasteiger partial charge is 0.138 e. The quantitative estimate of drug-likeness (QED) is 0.260. The minimum Gasteiger partial charge on any atom is -0.357 e. The molecule has 4 nitrogen and oxygen atoms in total. The number of aryl methyl sites for hydroxylation is 4. The third kappa shape index (κ3) is 3.35. The second-order valence-electron chi connectivity index (χ2n) is 9.37. The summed E-state index contributed by atoms with van der Waals surface area (Å²) >= 11 is 13.4. The zero-order chi connectivity index (χ0) is 23.5. The molecule has 2 aliphatic carbocycles. The summed E-state index contributed by atoms with van der Waals surface area (Å²) in [5.41, 5.74) is 13.1. The summed E-state index contributed by atoms with van der Waals surface area (Å²) < 4.78 is 0. The third-order valence-electron chi connectivity index (χ3n) is 7.44. The highest BCUT2D eigenvalue weighted by atomic mass is 35.5. The Balaban J connectivity index is 1.43. The van der Waals surface area contributed by atoms with Crippen molar-refractivity contribution in [3.05, 3.63) is 117 Å². The van der Waals surface area contributed by atoms with Gasteiger partial charge in [-0.3, -0.25) is 0 Å². The van der Waals surface area contributed by atoms with E-state index in [1.807, 2.05) is 0 Å². The monoisotopic (exact) mass is 496 g/mol. The first-order valence-corrected chi connectivity index (χ1v) is 12.7. The topological polar surface area (TPSA) is 57.4 Å². The van der Waals surface area contributed by atoms with Crippen LogP contribution in [0.2, 0.25) is 10.3 Å². The fraction of sp³-hybridized carbons (Fsp3) is 0.172. The Morgan fingerprint density at radius 3 is 1.60 bits per heavy atom. The molecule has 0 fully saturated rings. The first-order chi connectivity index (χ1) is 17.2. The summed E-state index contributed by atoms with van der Waals surface area (Å²) in [7, 11) is 0. The fourth-order valence-corrected chi connectivity index (χ4v) is 6.33. The summed E-state index contributed by atoms with van der Waals surface area (Å²) in [6.07, 6.45) is 5.48. The molecule has 172 valence electrons. The number of nitrogens with one attached hydrogen (secondary N) is 2. The number of aromatic nitrogens is 4. The van der Waals surface area contributed by atoms with Crippen molar-refractivity contribution in [3.8, 4) is 22.5 Å². The van der Waals surface area contributed by atoms with Crippen molar-refractivity contribution in [2.45, 2.75) is 31.6 Å². The van der Waals surface area contributed by atoms with E-state index in [0.717, 1.165) is 42.6 Å². The Hall–Kier alpha value is -3.34. The molecule has 3 aromatic heterocycles. The molecule has 0 atom stereocenters. The van der Waals surface area contributed by atoms with Crippen LogP contribution in [0.15, 0.2) is 67.0 Å². The number of nitrogens with zero attached hydrogens (tertiary/aromatic N) is 2. The second-order valence-corrected chi connectivity index (χ2v) is 10.1. The number of benzene rings is 2. The second kappa shape index (κ2) is 8.11. The van der Waals surface area contributed by atoms with Crippen LogP contribution in [0, 0.1) is 0 Å². The number of halogens is 2. The largest absolute Gasteiger partial charge is 0.357 e. The number of hydrogen-bond donors (Lipinski definition) is 2. The van der Waals surface area contributed by atoms with Crippen molar-refractivity contribution in [3.63, 3.8) is 0 Å². The van der Waals surface area contributed by atoms with Gasteiger partial charge in [0.25, 0.3) is 0 Å². The molecule has 0 aliphatic heterocycles. The third-order valence-corrected chi connectivity index (χ3v) is 8.04. The molecule has 6 heteroatoms. The van der Waals surface area contributed by atoms with E-state index in [4.69, 9.17) is 23.2 Å². The van der Waals surface area contributed by atoms with Crippen LogP contribution in [-0.4, -0.2) is 19.9 Å². The Morgan fingerprint density at radius 2 is 1.09 bits per heavy atom. The van der Waals surface area contributed by atoms with Crippen molar-refractivity contribution < 1.29 is 0 Å². The van der Waals surface area contributed by atoms with Crippen LogP contribution in [0.5, 0.6) is 0 Å². The highest BCUT2D eigenvalue weighted by Crippen LogP contribution is 2.43. The van der Waals surface area contributed by atoms with E-state index in [1.54, 1.807) is 0 Å². The molecular formula is C29H22Cl2N4. The molecule has 0 radical (unpaired) electrons. The summed E-state index contributed by atoms with van der Waals surface area (Å²) in [5.74, 6) is -0.244. The maximum absolute atomic E-state index is 6.68. The van der Waals surface area contributed by atoms with Gasteiger partial charge in [0.15, 0.2) is 0 Å². The number of aromatic amines is 2. The van der Waals surface area contributed by atoms with Crippen molar-refractivity contribution in [1.82, 2.24) is 19.9 Å². The molecule has 2 aromatic carbocycles. The van der Waals surface area contributed by atoms with Crippen LogP contribution >= 0.6 is 23.2 Å². The molecule has 7 rings (SSSR count). The van der Waals surface area contributed by atoms with E-state index in [9.17, 15) is 0 Å². The van der Waals surface area contributed by atoms with Gasteiger partial charge in [-0.05, 0) is 60.1 Å². The first-order valence-electron chi connectivity index (χ1n) is 11.9. The summed E-state index contributed by atoms with van der Waals surface area (Å²) in [4.78, 5) is 16.1. The number of fused-ring (bicyclic) bond motifs is 6. The molecule has 0 amide bonds. The Kier molecular flexibility index (Phi) is 4.86. The summed E-state index contributed by atoms with van der Waals surface area (Å²) in [5, 5.41) is 0.742. The zero-order valence-corrected chi connectivity index (χ0v) is 20.4. The van der Waals surface area contributed by atoms with Crippen molar-refractivity contribution in [1.29, 1.82) is 0 Å². The average Bonchev–Trinajstić information content (AvgIpc) is 3.51. The lowest BCUT2D eigenvalue weighted by Crippen LogP contribution is -2.08. The molecule has 2 N–H and O–H groups in total. The van der Waals surface area contributed by atoms with Crippen molar-refractivity contribution >= 4 is 23.2 Å². The lowest BCUT2D eigenvalue weighted by molar-refractivity contribution is 0.879. The SMILES string of the molecule is Clc1ncnc(Cl)c1C(c1cc2c([nH]1)-c1ccccc1CC2)c1cc2c([nH]1)-c1ccccc1CC2. The van der Waals surface area contributed by atoms with Crippen LogP contribution in [0.3, 0.4) is 0 Å². The lowest BCUT2D eigenvalue weighted by Gasteiger charge is -2.18. The molecule has 0 spiro atoms. The molecular weight excluding hydrogens is 475 g/mol. The van der Waals surface area contributed by atoms with E-state index in [0.29, 0.717) is 10.3 Å². The van der Waals surface area contributed by atoms with Crippen molar-refractivity contribution in [2.75, 3.05) is 0 Å². The molecule has 3 heterocycles. The van der Waals surface area contributed by atoms with Crippen LogP contribution < -0.4 is 0 Å². The fourth-order valence-electron chi connectivity index (χ4n) is 5.80. The summed E-state index contributed by atoms with van der Waals surface area (Å²) in [6, 6.07) is 21.8. The van der Waals surface area contributed by atoms with Gasteiger partial charge in [-0.2, -0.15) is 0 Å². The molecule has 35 heavy (non-hydrogen) atoms. The highest BCUT2D eigenvalue weighted by molar-refractivity contribution is 6.34. The lowest BCUT2D eigenvalue weighted by atomic mass is 9.89. The molecule has 0 unspecified atom stereocenters. The number of H-pyrrole nitrogens is 2. The maximum Gasteiger partial charge on any atom is 0.138 e. The van der Waals surface area contributed by atoms with Crippen LogP contribution in [0.25, 0.3) is 22.5 Å².